The lowest BCUT2D eigenvalue weighted by molar-refractivity contribution is -0.140. The standard InChI is InChI=1S/C24H26N6O5/c1-2-3-14(11-16-12-27-21-19(16)20(25)29-24(26)30-21)10-13-4-6-15(7-5-13)22(33)28-17(23(34)35)8-9-18(31)32/h1,4-7,12,14,17H,3,8-11H2,(H,28,33)(H,31,32)(H,34,35)(H5,25,26,27,29,30)/t14?,17-/m0/s1. The molecule has 11 heteroatoms. The van der Waals surface area contributed by atoms with E-state index in [1.165, 1.54) is 0 Å². The number of aromatic nitrogens is 3. The number of carbonyl (C=O) groups excluding carboxylic acids is 1. The number of carbonyl (C=O) groups is 3. The molecule has 0 aliphatic carbocycles. The molecule has 0 aliphatic rings. The Kier molecular flexibility index (Phi) is 7.88. The van der Waals surface area contributed by atoms with Crippen molar-refractivity contribution < 1.29 is 24.6 Å². The SMILES string of the molecule is C#CCC(Cc1ccc(C(=O)N[C@@H](CCC(=O)O)C(=O)O)cc1)Cc1c[nH]c2nc(N)nc(N)c12. The first-order valence-corrected chi connectivity index (χ1v) is 10.8. The topological polar surface area (TPSA) is 197 Å². The van der Waals surface area contributed by atoms with E-state index in [1.54, 1.807) is 24.3 Å². The highest BCUT2D eigenvalue weighted by molar-refractivity contribution is 5.96. The Balaban J connectivity index is 1.69. The molecular weight excluding hydrogens is 452 g/mol. The van der Waals surface area contributed by atoms with Crippen LogP contribution in [0.1, 0.15) is 40.7 Å². The molecule has 11 nitrogen and oxygen atoms in total. The minimum absolute atomic E-state index is 0.0723. The van der Waals surface area contributed by atoms with Crippen molar-refractivity contribution in [1.82, 2.24) is 20.3 Å². The molecule has 2 atom stereocenters. The van der Waals surface area contributed by atoms with E-state index in [0.717, 1.165) is 11.1 Å². The Labute approximate surface area is 200 Å². The lowest BCUT2D eigenvalue weighted by Gasteiger charge is -2.16. The Hall–Kier alpha value is -4.59. The van der Waals surface area contributed by atoms with Crippen LogP contribution in [0.5, 0.6) is 0 Å². The monoisotopic (exact) mass is 478 g/mol. The number of H-pyrrole nitrogens is 1. The number of aromatic amines is 1. The third-order valence-corrected chi connectivity index (χ3v) is 5.56. The largest absolute Gasteiger partial charge is 0.481 e. The quantitative estimate of drug-likeness (QED) is 0.222. The first kappa shape index (κ1) is 25.0. The van der Waals surface area contributed by atoms with Gasteiger partial charge < -0.3 is 32.0 Å². The zero-order valence-corrected chi connectivity index (χ0v) is 18.8. The Morgan fingerprint density at radius 3 is 2.46 bits per heavy atom. The molecule has 0 fully saturated rings. The zero-order valence-electron chi connectivity index (χ0n) is 18.8. The number of anilines is 2. The Morgan fingerprint density at radius 1 is 1.11 bits per heavy atom. The van der Waals surface area contributed by atoms with Gasteiger partial charge in [0.15, 0.2) is 0 Å². The molecule has 182 valence electrons. The number of benzene rings is 1. The number of carboxylic acid groups (broad SMARTS) is 2. The van der Waals surface area contributed by atoms with Gasteiger partial charge in [-0.25, -0.2) is 4.79 Å². The summed E-state index contributed by atoms with van der Waals surface area (Å²) in [5.41, 5.74) is 14.4. The highest BCUT2D eigenvalue weighted by Gasteiger charge is 2.22. The number of nitrogens with one attached hydrogen (secondary N) is 2. The number of nitrogen functional groups attached to an aromatic ring is 2. The third-order valence-electron chi connectivity index (χ3n) is 5.56. The molecule has 0 bridgehead atoms. The summed E-state index contributed by atoms with van der Waals surface area (Å²) in [4.78, 5) is 45.7. The van der Waals surface area contributed by atoms with Gasteiger partial charge in [-0.15, -0.1) is 12.3 Å². The Bertz CT molecular complexity index is 1280. The van der Waals surface area contributed by atoms with Crippen molar-refractivity contribution in [2.24, 2.45) is 5.92 Å². The van der Waals surface area contributed by atoms with Crippen LogP contribution in [0.25, 0.3) is 11.0 Å². The second kappa shape index (κ2) is 11.0. The predicted octanol–water partition coefficient (Wildman–Crippen LogP) is 1.59. The molecule has 35 heavy (non-hydrogen) atoms. The molecule has 0 spiro atoms. The molecule has 0 saturated heterocycles. The van der Waals surface area contributed by atoms with Gasteiger partial charge in [0.25, 0.3) is 5.91 Å². The van der Waals surface area contributed by atoms with Crippen molar-refractivity contribution >= 4 is 40.6 Å². The van der Waals surface area contributed by atoms with Crippen LogP contribution in [-0.4, -0.2) is 49.1 Å². The first-order valence-electron chi connectivity index (χ1n) is 10.8. The summed E-state index contributed by atoms with van der Waals surface area (Å²) in [6.07, 6.45) is 8.59. The van der Waals surface area contributed by atoms with Crippen molar-refractivity contribution in [3.05, 3.63) is 47.2 Å². The van der Waals surface area contributed by atoms with Crippen molar-refractivity contribution in [2.45, 2.75) is 38.1 Å². The zero-order chi connectivity index (χ0) is 25.5. The van der Waals surface area contributed by atoms with Crippen LogP contribution in [0.2, 0.25) is 0 Å². The van der Waals surface area contributed by atoms with E-state index in [1.807, 2.05) is 6.20 Å². The number of aliphatic carboxylic acids is 2. The van der Waals surface area contributed by atoms with Gasteiger partial charge in [0.05, 0.1) is 5.39 Å². The molecule has 0 saturated carbocycles. The predicted molar refractivity (Wildman–Crippen MR) is 129 cm³/mol. The summed E-state index contributed by atoms with van der Waals surface area (Å²) in [6.45, 7) is 0. The fourth-order valence-electron chi connectivity index (χ4n) is 3.89. The first-order chi connectivity index (χ1) is 16.7. The average Bonchev–Trinajstić information content (AvgIpc) is 3.19. The third kappa shape index (κ3) is 6.48. The van der Waals surface area contributed by atoms with Crippen molar-refractivity contribution in [3.63, 3.8) is 0 Å². The van der Waals surface area contributed by atoms with Crippen LogP contribution < -0.4 is 16.8 Å². The Morgan fingerprint density at radius 2 is 1.83 bits per heavy atom. The molecule has 2 aromatic heterocycles. The maximum absolute atomic E-state index is 12.4. The summed E-state index contributed by atoms with van der Waals surface area (Å²) in [7, 11) is 0. The fourth-order valence-corrected chi connectivity index (χ4v) is 3.89. The van der Waals surface area contributed by atoms with Gasteiger partial charge in [0.1, 0.15) is 17.5 Å². The molecule has 8 N–H and O–H groups in total. The fraction of sp³-hybridized carbons (Fsp3) is 0.292. The number of hydrogen-bond donors (Lipinski definition) is 6. The minimum atomic E-state index is -1.29. The molecule has 0 aliphatic heterocycles. The molecular formula is C24H26N6O5. The molecule has 0 radical (unpaired) electrons. The van der Waals surface area contributed by atoms with E-state index >= 15 is 0 Å². The van der Waals surface area contributed by atoms with Crippen molar-refractivity contribution in [2.75, 3.05) is 11.5 Å². The van der Waals surface area contributed by atoms with Gasteiger partial charge in [-0.1, -0.05) is 12.1 Å². The van der Waals surface area contributed by atoms with E-state index in [2.05, 4.69) is 26.2 Å². The normalized spacial score (nSPS) is 12.5. The number of nitrogens with zero attached hydrogens (tertiary/aromatic N) is 2. The van der Waals surface area contributed by atoms with Gasteiger partial charge in [-0.05, 0) is 48.4 Å². The lowest BCUT2D eigenvalue weighted by Crippen LogP contribution is -2.41. The van der Waals surface area contributed by atoms with Crippen LogP contribution in [-0.2, 0) is 22.4 Å². The number of fused-ring (bicyclic) bond motifs is 1. The highest BCUT2D eigenvalue weighted by Crippen LogP contribution is 2.27. The molecule has 3 rings (SSSR count). The molecule has 1 aromatic carbocycles. The molecule has 1 unspecified atom stereocenters. The number of rotatable bonds is 11. The van der Waals surface area contributed by atoms with Crippen molar-refractivity contribution in [3.8, 4) is 12.3 Å². The summed E-state index contributed by atoms with van der Waals surface area (Å²) in [6, 6.07) is 5.45. The average molecular weight is 479 g/mol. The van der Waals surface area contributed by atoms with Gasteiger partial charge in [0, 0.05) is 24.6 Å². The maximum Gasteiger partial charge on any atom is 0.326 e. The number of amides is 1. The van der Waals surface area contributed by atoms with Crippen LogP contribution in [0.15, 0.2) is 30.5 Å². The van der Waals surface area contributed by atoms with Crippen LogP contribution in [0.4, 0.5) is 11.8 Å². The summed E-state index contributed by atoms with van der Waals surface area (Å²) in [5.74, 6) is 0.130. The smallest absolute Gasteiger partial charge is 0.326 e. The number of hydrogen-bond acceptors (Lipinski definition) is 7. The number of nitrogens with two attached hydrogens (primary N) is 2. The van der Waals surface area contributed by atoms with Gasteiger partial charge in [-0.2, -0.15) is 9.97 Å². The van der Waals surface area contributed by atoms with Gasteiger partial charge in [0.2, 0.25) is 5.95 Å². The maximum atomic E-state index is 12.4. The number of terminal acetylenes is 1. The summed E-state index contributed by atoms with van der Waals surface area (Å²) >= 11 is 0. The van der Waals surface area contributed by atoms with E-state index < -0.39 is 23.9 Å². The van der Waals surface area contributed by atoms with Crippen LogP contribution in [0, 0.1) is 18.3 Å². The second-order valence-corrected chi connectivity index (χ2v) is 8.18. The molecule has 1 amide bonds. The lowest BCUT2D eigenvalue weighted by atomic mass is 9.90. The highest BCUT2D eigenvalue weighted by atomic mass is 16.4. The minimum Gasteiger partial charge on any atom is -0.481 e. The van der Waals surface area contributed by atoms with E-state index in [4.69, 9.17) is 23.0 Å². The van der Waals surface area contributed by atoms with Crippen molar-refractivity contribution in [1.29, 1.82) is 0 Å². The van der Waals surface area contributed by atoms with Gasteiger partial charge >= 0.3 is 11.9 Å². The van der Waals surface area contributed by atoms with E-state index in [9.17, 15) is 19.5 Å². The summed E-state index contributed by atoms with van der Waals surface area (Å²) in [5, 5.41) is 21.1. The van der Waals surface area contributed by atoms with E-state index in [-0.39, 0.29) is 30.3 Å². The number of carboxylic acids is 2. The van der Waals surface area contributed by atoms with E-state index in [0.29, 0.717) is 36.1 Å². The van der Waals surface area contributed by atoms with Crippen LogP contribution in [0.3, 0.4) is 0 Å². The second-order valence-electron chi connectivity index (χ2n) is 8.18. The summed E-state index contributed by atoms with van der Waals surface area (Å²) < 4.78 is 0. The van der Waals surface area contributed by atoms with Gasteiger partial charge in [-0.3, -0.25) is 9.59 Å². The van der Waals surface area contributed by atoms with Crippen LogP contribution >= 0.6 is 0 Å². The molecule has 2 heterocycles. The molecule has 3 aromatic rings.